The summed E-state index contributed by atoms with van der Waals surface area (Å²) in [6, 6.07) is 0.901. The van der Waals surface area contributed by atoms with Crippen molar-refractivity contribution in [3.63, 3.8) is 0 Å². The molecule has 0 radical (unpaired) electrons. The van der Waals surface area contributed by atoms with Crippen LogP contribution in [0.15, 0.2) is 6.07 Å². The number of hydrogen-bond acceptors (Lipinski definition) is 4. The van der Waals surface area contributed by atoms with E-state index in [2.05, 4.69) is 4.52 Å². The summed E-state index contributed by atoms with van der Waals surface area (Å²) in [4.78, 5) is 26.9. The Morgan fingerprint density at radius 1 is 1.29 bits per heavy atom. The van der Waals surface area contributed by atoms with Crippen LogP contribution in [-0.2, 0) is 4.57 Å². The van der Waals surface area contributed by atoms with Gasteiger partial charge in [0.15, 0.2) is 10.8 Å². The topological polar surface area (TPSA) is 110 Å². The predicted molar refractivity (Wildman–Crippen MR) is 60.8 cm³/mol. The molecule has 1 aromatic carbocycles. The average molecular weight is 322 g/mol. The second kappa shape index (κ2) is 4.97. The number of hydrogen-bond donors (Lipinski definition) is 2. The van der Waals surface area contributed by atoms with Crippen LogP contribution in [-0.4, -0.2) is 14.7 Å². The van der Waals surface area contributed by atoms with Crippen molar-refractivity contribution >= 4 is 48.3 Å². The zero-order chi connectivity index (χ0) is 13.4. The van der Waals surface area contributed by atoms with Gasteiger partial charge in [0.1, 0.15) is 5.02 Å². The van der Waals surface area contributed by atoms with Crippen LogP contribution in [0, 0.1) is 10.1 Å². The lowest BCUT2D eigenvalue weighted by molar-refractivity contribution is -0.384. The standard InChI is InChI=1S/C6H3Cl3NO6P/c7-2-1-3(8)6(16-17(13,14)15)4(9)5(2)10(11)12/h1H,(H2,13,14,15). The molecule has 0 aliphatic heterocycles. The van der Waals surface area contributed by atoms with Crippen molar-refractivity contribution in [3.8, 4) is 5.75 Å². The molecule has 0 fully saturated rings. The zero-order valence-electron chi connectivity index (χ0n) is 7.63. The maximum absolute atomic E-state index is 10.6. The number of halogens is 3. The van der Waals surface area contributed by atoms with E-state index in [1.165, 1.54) is 0 Å². The molecule has 1 rings (SSSR count). The van der Waals surface area contributed by atoms with Crippen LogP contribution in [0.1, 0.15) is 0 Å². The first-order chi connectivity index (χ1) is 7.63. The third-order valence-corrected chi connectivity index (χ3v) is 2.84. The summed E-state index contributed by atoms with van der Waals surface area (Å²) in [5.41, 5.74) is -0.749. The molecule has 0 spiro atoms. The normalized spacial score (nSPS) is 11.4. The van der Waals surface area contributed by atoms with Gasteiger partial charge in [-0.2, -0.15) is 0 Å². The largest absolute Gasteiger partial charge is 0.524 e. The van der Waals surface area contributed by atoms with Crippen molar-refractivity contribution in [2.24, 2.45) is 0 Å². The molecule has 0 saturated heterocycles. The summed E-state index contributed by atoms with van der Waals surface area (Å²) in [6.07, 6.45) is 0. The van der Waals surface area contributed by atoms with Gasteiger partial charge in [-0.25, -0.2) is 4.57 Å². The van der Waals surface area contributed by atoms with Gasteiger partial charge in [0.25, 0.3) is 0 Å². The summed E-state index contributed by atoms with van der Waals surface area (Å²) < 4.78 is 14.8. The maximum Gasteiger partial charge on any atom is 0.524 e. The second-order valence-electron chi connectivity index (χ2n) is 2.67. The van der Waals surface area contributed by atoms with Crippen molar-refractivity contribution in [2.75, 3.05) is 0 Å². The Balaban J connectivity index is 3.46. The fourth-order valence-electron chi connectivity index (χ4n) is 0.932. The minimum absolute atomic E-state index is 0.353. The monoisotopic (exact) mass is 321 g/mol. The molecule has 94 valence electrons. The van der Waals surface area contributed by atoms with Gasteiger partial charge in [-0.05, 0) is 6.07 Å². The van der Waals surface area contributed by atoms with Gasteiger partial charge >= 0.3 is 13.5 Å². The zero-order valence-corrected chi connectivity index (χ0v) is 10.8. The highest BCUT2D eigenvalue weighted by atomic mass is 35.5. The Morgan fingerprint density at radius 2 is 1.82 bits per heavy atom. The summed E-state index contributed by atoms with van der Waals surface area (Å²) in [7, 11) is -4.94. The van der Waals surface area contributed by atoms with Gasteiger partial charge in [-0.15, -0.1) is 0 Å². The fraction of sp³-hybridized carbons (Fsp3) is 0. The third-order valence-electron chi connectivity index (χ3n) is 1.50. The number of phosphoric ester groups is 1. The van der Waals surface area contributed by atoms with Crippen LogP contribution in [0.2, 0.25) is 15.1 Å². The molecule has 17 heavy (non-hydrogen) atoms. The molecule has 7 nitrogen and oxygen atoms in total. The Bertz CT molecular complexity index is 529. The molecule has 0 aliphatic carbocycles. The van der Waals surface area contributed by atoms with Crippen LogP contribution < -0.4 is 4.52 Å². The molecular formula is C6H3Cl3NO6P. The van der Waals surface area contributed by atoms with Gasteiger partial charge in [-0.3, -0.25) is 19.9 Å². The van der Waals surface area contributed by atoms with E-state index in [-0.39, 0.29) is 10.0 Å². The Hall–Kier alpha value is -0.560. The lowest BCUT2D eigenvalue weighted by Gasteiger charge is -2.10. The molecule has 0 heterocycles. The smallest absolute Gasteiger partial charge is 0.401 e. The third kappa shape index (κ3) is 3.45. The van der Waals surface area contributed by atoms with E-state index in [0.717, 1.165) is 6.07 Å². The first kappa shape index (κ1) is 14.5. The van der Waals surface area contributed by atoms with E-state index >= 15 is 0 Å². The summed E-state index contributed by atoms with van der Waals surface area (Å²) in [5, 5.41) is 9.21. The van der Waals surface area contributed by atoms with Gasteiger partial charge in [-0.1, -0.05) is 34.8 Å². The minimum Gasteiger partial charge on any atom is -0.401 e. The molecule has 0 unspecified atom stereocenters. The highest BCUT2D eigenvalue weighted by Gasteiger charge is 2.29. The van der Waals surface area contributed by atoms with Crippen molar-refractivity contribution in [1.29, 1.82) is 0 Å². The molecule has 11 heteroatoms. The quantitative estimate of drug-likeness (QED) is 0.503. The molecule has 2 N–H and O–H groups in total. The molecule has 0 aromatic heterocycles. The molecule has 0 atom stereocenters. The van der Waals surface area contributed by atoms with Crippen LogP contribution in [0.3, 0.4) is 0 Å². The number of nitro benzene ring substituents is 1. The second-order valence-corrected chi connectivity index (χ2v) is 5.03. The van der Waals surface area contributed by atoms with E-state index in [0.29, 0.717) is 0 Å². The van der Waals surface area contributed by atoms with Gasteiger partial charge in [0.05, 0.1) is 9.95 Å². The first-order valence-electron chi connectivity index (χ1n) is 3.70. The van der Waals surface area contributed by atoms with Crippen molar-refractivity contribution in [2.45, 2.75) is 0 Å². The summed E-state index contributed by atoms with van der Waals surface area (Å²) in [5.74, 6) is -0.697. The van der Waals surface area contributed by atoms with E-state index in [4.69, 9.17) is 44.6 Å². The Morgan fingerprint density at radius 3 is 2.24 bits per heavy atom. The summed E-state index contributed by atoms with van der Waals surface area (Å²) >= 11 is 16.6. The van der Waals surface area contributed by atoms with E-state index in [1.807, 2.05) is 0 Å². The fourth-order valence-corrected chi connectivity index (χ4v) is 2.45. The van der Waals surface area contributed by atoms with Crippen LogP contribution in [0.4, 0.5) is 5.69 Å². The van der Waals surface area contributed by atoms with Crippen LogP contribution in [0.25, 0.3) is 0 Å². The van der Waals surface area contributed by atoms with Gasteiger partial charge in [0.2, 0.25) is 0 Å². The minimum atomic E-state index is -4.94. The van der Waals surface area contributed by atoms with Crippen LogP contribution in [0.5, 0.6) is 5.75 Å². The van der Waals surface area contributed by atoms with Crippen molar-refractivity contribution in [3.05, 3.63) is 31.2 Å². The van der Waals surface area contributed by atoms with E-state index < -0.39 is 29.2 Å². The number of nitrogens with zero attached hydrogens (tertiary/aromatic N) is 1. The summed E-state index contributed by atoms with van der Waals surface area (Å²) in [6.45, 7) is 0. The SMILES string of the molecule is O=[N+]([O-])c1c(Cl)cc(Cl)c(OP(=O)(O)O)c1Cl. The Labute approximate surface area is 109 Å². The molecule has 0 amide bonds. The lowest BCUT2D eigenvalue weighted by Crippen LogP contribution is -1.96. The number of rotatable bonds is 3. The van der Waals surface area contributed by atoms with E-state index in [9.17, 15) is 14.7 Å². The number of phosphoric acid groups is 1. The molecular weight excluding hydrogens is 319 g/mol. The number of benzene rings is 1. The van der Waals surface area contributed by atoms with Gasteiger partial charge in [0, 0.05) is 0 Å². The average Bonchev–Trinajstić information content (AvgIpc) is 2.09. The van der Waals surface area contributed by atoms with E-state index in [1.54, 1.807) is 0 Å². The molecule has 0 bridgehead atoms. The molecule has 0 aliphatic rings. The van der Waals surface area contributed by atoms with Crippen molar-refractivity contribution < 1.29 is 23.8 Å². The lowest BCUT2D eigenvalue weighted by atomic mass is 10.3. The van der Waals surface area contributed by atoms with Gasteiger partial charge < -0.3 is 4.52 Å². The maximum atomic E-state index is 10.6. The molecule has 1 aromatic rings. The van der Waals surface area contributed by atoms with Crippen molar-refractivity contribution in [1.82, 2.24) is 0 Å². The predicted octanol–water partition coefficient (Wildman–Crippen LogP) is 3.03. The van der Waals surface area contributed by atoms with Crippen LogP contribution >= 0.6 is 42.6 Å². The highest BCUT2D eigenvalue weighted by molar-refractivity contribution is 7.46. The first-order valence-corrected chi connectivity index (χ1v) is 6.37. The Kier molecular flexibility index (Phi) is 4.24. The molecule has 0 saturated carbocycles. The highest BCUT2D eigenvalue weighted by Crippen LogP contribution is 2.49. The number of nitro groups is 1.